The number of aliphatic hydroxyl groups excluding tert-OH is 1. The molecule has 2 unspecified atom stereocenters. The fourth-order valence-corrected chi connectivity index (χ4v) is 7.47. The number of carbonyl (C=O) groups excluding carboxylic acids is 5. The van der Waals surface area contributed by atoms with E-state index in [9.17, 15) is 29.1 Å². The van der Waals surface area contributed by atoms with Crippen LogP contribution in [0.5, 0.6) is 0 Å². The Morgan fingerprint density at radius 3 is 2.30 bits per heavy atom. The van der Waals surface area contributed by atoms with Gasteiger partial charge in [0.2, 0.25) is 23.6 Å². The van der Waals surface area contributed by atoms with Crippen LogP contribution in [0.4, 0.5) is 4.79 Å². The highest BCUT2D eigenvalue weighted by Gasteiger charge is 2.44. The number of hydrogen-bond acceptors (Lipinski definition) is 9. The summed E-state index contributed by atoms with van der Waals surface area (Å²) in [6, 6.07) is 5.82. The molecule has 292 valence electrons. The minimum atomic E-state index is -0.901. The van der Waals surface area contributed by atoms with E-state index in [0.717, 1.165) is 21.7 Å². The first-order valence-corrected chi connectivity index (χ1v) is 19.6. The van der Waals surface area contributed by atoms with Gasteiger partial charge < -0.3 is 35.6 Å². The molecule has 3 heterocycles. The fourth-order valence-electron chi connectivity index (χ4n) is 6.66. The SMILES string of the molecule is Cc1ncsc1-c1ccc(C(C)NC(=O)[C@@H]2C[C@@H](O)CN2C(=O)C(NC(=O)CCCCCNC(=O)[C@@H]2CCN(C(=O)OC(C)(C)C)C2)C(C)(C)C)cc1. The van der Waals surface area contributed by atoms with Crippen molar-refractivity contribution in [3.8, 4) is 10.4 Å². The molecule has 2 fully saturated rings. The van der Waals surface area contributed by atoms with Gasteiger partial charge in [0, 0.05) is 39.0 Å². The summed E-state index contributed by atoms with van der Waals surface area (Å²) < 4.78 is 5.41. The van der Waals surface area contributed by atoms with Crippen molar-refractivity contribution in [3.63, 3.8) is 0 Å². The number of β-amino-alcohol motifs (C(OH)–C–C–N with tert-alkyl or cyclic N) is 1. The molecule has 5 atom stereocenters. The van der Waals surface area contributed by atoms with Gasteiger partial charge in [-0.3, -0.25) is 19.2 Å². The van der Waals surface area contributed by atoms with Crippen molar-refractivity contribution in [2.24, 2.45) is 11.3 Å². The molecular weight excluding hydrogens is 697 g/mol. The van der Waals surface area contributed by atoms with Gasteiger partial charge in [0.05, 0.1) is 34.1 Å². The Hall–Kier alpha value is -4.04. The smallest absolute Gasteiger partial charge is 0.410 e. The van der Waals surface area contributed by atoms with E-state index in [0.29, 0.717) is 45.3 Å². The van der Waals surface area contributed by atoms with Gasteiger partial charge in [0.15, 0.2) is 0 Å². The zero-order valence-corrected chi connectivity index (χ0v) is 33.3. The number of carbonyl (C=O) groups is 5. The standard InChI is InChI=1S/C39H58N6O7S/c1-24(26-13-15-27(16-14-26)32-25(2)41-23-53-32)42-35(49)30-20-29(46)22-45(30)36(50)33(38(3,4)5)43-31(47)12-10-9-11-18-40-34(48)28-17-19-44(21-28)37(51)52-39(6,7)8/h13-16,23-24,28-30,33,46H,9-12,17-22H2,1-8H3,(H,40,48)(H,42,49)(H,43,47)/t24?,28-,29-,30+,33?/m1/s1. The average Bonchev–Trinajstić information content (AvgIpc) is 3.84. The van der Waals surface area contributed by atoms with Crippen LogP contribution >= 0.6 is 11.3 Å². The molecule has 53 heavy (non-hydrogen) atoms. The van der Waals surface area contributed by atoms with Crippen molar-refractivity contribution in [2.75, 3.05) is 26.2 Å². The van der Waals surface area contributed by atoms with Gasteiger partial charge in [-0.25, -0.2) is 9.78 Å². The third kappa shape index (κ3) is 11.7. The van der Waals surface area contributed by atoms with Crippen LogP contribution in [0.2, 0.25) is 0 Å². The summed E-state index contributed by atoms with van der Waals surface area (Å²) >= 11 is 1.58. The highest BCUT2D eigenvalue weighted by atomic mass is 32.1. The molecule has 2 aliphatic rings. The minimum Gasteiger partial charge on any atom is -0.444 e. The normalized spacial score (nSPS) is 20.1. The number of aromatic nitrogens is 1. The summed E-state index contributed by atoms with van der Waals surface area (Å²) in [5.74, 6) is -1.40. The van der Waals surface area contributed by atoms with Crippen LogP contribution in [-0.4, -0.2) is 99.6 Å². The Kier molecular flexibility index (Phi) is 14.1. The molecule has 0 saturated carbocycles. The maximum absolute atomic E-state index is 14.0. The second-order valence-electron chi connectivity index (χ2n) is 16.4. The average molecular weight is 755 g/mol. The Labute approximate surface area is 317 Å². The van der Waals surface area contributed by atoms with Gasteiger partial charge in [0.1, 0.15) is 17.7 Å². The lowest BCUT2D eigenvalue weighted by molar-refractivity contribution is -0.144. The molecule has 4 N–H and O–H groups in total. The van der Waals surface area contributed by atoms with Gasteiger partial charge in [-0.2, -0.15) is 0 Å². The summed E-state index contributed by atoms with van der Waals surface area (Å²) in [6.45, 7) is 16.1. The van der Waals surface area contributed by atoms with Gasteiger partial charge >= 0.3 is 6.09 Å². The number of amides is 5. The predicted molar refractivity (Wildman–Crippen MR) is 204 cm³/mol. The number of aliphatic hydroxyl groups is 1. The van der Waals surface area contributed by atoms with Crippen molar-refractivity contribution in [1.29, 1.82) is 0 Å². The number of hydrogen-bond donors (Lipinski definition) is 4. The number of thiazole rings is 1. The van der Waals surface area contributed by atoms with E-state index in [-0.39, 0.29) is 49.1 Å². The monoisotopic (exact) mass is 754 g/mol. The molecule has 4 rings (SSSR count). The molecular formula is C39H58N6O7S. The molecule has 0 bridgehead atoms. The van der Waals surface area contributed by atoms with Crippen molar-refractivity contribution < 1.29 is 33.8 Å². The van der Waals surface area contributed by atoms with E-state index < -0.39 is 41.2 Å². The maximum atomic E-state index is 14.0. The molecule has 1 aromatic carbocycles. The highest BCUT2D eigenvalue weighted by molar-refractivity contribution is 7.13. The third-order valence-corrected chi connectivity index (χ3v) is 10.6. The second-order valence-corrected chi connectivity index (χ2v) is 17.3. The lowest BCUT2D eigenvalue weighted by Gasteiger charge is -2.35. The Morgan fingerprint density at radius 1 is 0.981 bits per heavy atom. The van der Waals surface area contributed by atoms with E-state index >= 15 is 0 Å². The lowest BCUT2D eigenvalue weighted by atomic mass is 9.85. The van der Waals surface area contributed by atoms with Gasteiger partial charge in [-0.05, 0) is 70.4 Å². The minimum absolute atomic E-state index is 0.00224. The Balaban J connectivity index is 1.22. The molecule has 0 aliphatic carbocycles. The van der Waals surface area contributed by atoms with Crippen molar-refractivity contribution in [3.05, 3.63) is 41.0 Å². The number of nitrogens with one attached hydrogen (secondary N) is 3. The molecule has 2 saturated heterocycles. The van der Waals surface area contributed by atoms with Crippen LogP contribution in [0.25, 0.3) is 10.4 Å². The quantitative estimate of drug-likeness (QED) is 0.213. The van der Waals surface area contributed by atoms with E-state index in [1.807, 2.05) is 85.2 Å². The molecule has 2 aromatic rings. The van der Waals surface area contributed by atoms with Crippen LogP contribution in [0.15, 0.2) is 29.8 Å². The topological polar surface area (TPSA) is 170 Å². The maximum Gasteiger partial charge on any atom is 0.410 e. The first-order valence-electron chi connectivity index (χ1n) is 18.7. The van der Waals surface area contributed by atoms with Crippen molar-refractivity contribution >= 4 is 41.1 Å². The molecule has 13 nitrogen and oxygen atoms in total. The molecule has 2 aliphatic heterocycles. The molecule has 1 aromatic heterocycles. The van der Waals surface area contributed by atoms with Crippen LogP contribution in [0.1, 0.15) is 104 Å². The number of unbranched alkanes of at least 4 members (excludes halogenated alkanes) is 2. The van der Waals surface area contributed by atoms with Crippen LogP contribution in [0, 0.1) is 18.3 Å². The van der Waals surface area contributed by atoms with Gasteiger partial charge in [-0.15, -0.1) is 11.3 Å². The van der Waals surface area contributed by atoms with E-state index in [1.54, 1.807) is 16.2 Å². The summed E-state index contributed by atoms with van der Waals surface area (Å²) in [7, 11) is 0. The van der Waals surface area contributed by atoms with Gasteiger partial charge in [0.25, 0.3) is 0 Å². The molecule has 14 heteroatoms. The number of aryl methyl sites for hydroxylation is 1. The largest absolute Gasteiger partial charge is 0.444 e. The van der Waals surface area contributed by atoms with E-state index in [1.165, 1.54) is 4.90 Å². The van der Waals surface area contributed by atoms with E-state index in [4.69, 9.17) is 4.74 Å². The summed E-state index contributed by atoms with van der Waals surface area (Å²) in [5.41, 5.74) is 3.49. The number of ether oxygens (including phenoxy) is 1. The zero-order chi connectivity index (χ0) is 39.1. The van der Waals surface area contributed by atoms with Crippen molar-refractivity contribution in [2.45, 2.75) is 124 Å². The molecule has 0 spiro atoms. The summed E-state index contributed by atoms with van der Waals surface area (Å²) in [4.78, 5) is 74.0. The number of nitrogens with zero attached hydrogens (tertiary/aromatic N) is 3. The third-order valence-electron chi connectivity index (χ3n) is 9.65. The molecule has 5 amide bonds. The number of rotatable bonds is 13. The highest BCUT2D eigenvalue weighted by Crippen LogP contribution is 2.30. The van der Waals surface area contributed by atoms with Crippen LogP contribution in [-0.2, 0) is 23.9 Å². The summed E-state index contributed by atoms with van der Waals surface area (Å²) in [5, 5.41) is 19.4. The second kappa shape index (κ2) is 17.9. The number of benzene rings is 1. The number of likely N-dealkylation sites (tertiary alicyclic amines) is 2. The van der Waals surface area contributed by atoms with E-state index in [2.05, 4.69) is 20.9 Å². The van der Waals surface area contributed by atoms with Crippen LogP contribution in [0.3, 0.4) is 0 Å². The van der Waals surface area contributed by atoms with Crippen LogP contribution < -0.4 is 16.0 Å². The van der Waals surface area contributed by atoms with Gasteiger partial charge in [-0.1, -0.05) is 51.5 Å². The van der Waals surface area contributed by atoms with Crippen molar-refractivity contribution in [1.82, 2.24) is 30.7 Å². The lowest BCUT2D eigenvalue weighted by Crippen LogP contribution is -2.57. The Morgan fingerprint density at radius 2 is 1.68 bits per heavy atom. The molecule has 0 radical (unpaired) electrons. The first-order chi connectivity index (χ1) is 24.8. The Bertz CT molecular complexity index is 1600. The first kappa shape index (κ1) is 41.7. The fraction of sp³-hybridized carbons (Fsp3) is 0.641. The zero-order valence-electron chi connectivity index (χ0n) is 32.5. The predicted octanol–water partition coefficient (Wildman–Crippen LogP) is 4.72. The summed E-state index contributed by atoms with van der Waals surface area (Å²) in [6.07, 6.45) is 1.58.